The Hall–Kier alpha value is -1.75. The number of hydrogen-bond acceptors (Lipinski definition) is 4. The molecule has 0 bridgehead atoms. The first-order valence-corrected chi connectivity index (χ1v) is 5.91. The van der Waals surface area contributed by atoms with Crippen molar-refractivity contribution in [2.24, 2.45) is 5.92 Å². The van der Waals surface area contributed by atoms with Crippen molar-refractivity contribution in [2.45, 2.75) is 19.9 Å². The van der Waals surface area contributed by atoms with E-state index in [1.807, 2.05) is 13.8 Å². The number of nitrogens with two attached hydrogens (primary N) is 1. The van der Waals surface area contributed by atoms with Gasteiger partial charge >= 0.3 is 0 Å². The van der Waals surface area contributed by atoms with Gasteiger partial charge in [-0.15, -0.1) is 0 Å². The molecule has 0 saturated heterocycles. The highest BCUT2D eigenvalue weighted by Gasteiger charge is 2.14. The Labute approximate surface area is 107 Å². The Bertz CT molecular complexity index is 396. The third-order valence-electron chi connectivity index (χ3n) is 2.76. The van der Waals surface area contributed by atoms with Crippen molar-refractivity contribution in [3.05, 3.63) is 24.3 Å². The fraction of sp³-hybridized carbons (Fsp3) is 0.462. The number of carbonyl (C=O) groups excluding carboxylic acids is 1. The SMILES string of the molecule is CC(CO)C(C)NC(=O)COc1cccc(N)c1. The van der Waals surface area contributed by atoms with Gasteiger partial charge in [-0.25, -0.2) is 0 Å². The van der Waals surface area contributed by atoms with Crippen LogP contribution in [0.5, 0.6) is 5.75 Å². The molecule has 1 aromatic rings. The van der Waals surface area contributed by atoms with Crippen molar-refractivity contribution in [3.8, 4) is 5.75 Å². The topological polar surface area (TPSA) is 84.6 Å². The molecule has 1 aromatic carbocycles. The molecule has 18 heavy (non-hydrogen) atoms. The van der Waals surface area contributed by atoms with Gasteiger partial charge in [0.2, 0.25) is 0 Å². The number of benzene rings is 1. The zero-order valence-electron chi connectivity index (χ0n) is 10.7. The molecule has 0 aliphatic rings. The number of rotatable bonds is 6. The van der Waals surface area contributed by atoms with Crippen molar-refractivity contribution in [2.75, 3.05) is 18.9 Å². The summed E-state index contributed by atoms with van der Waals surface area (Å²) in [5.41, 5.74) is 6.19. The lowest BCUT2D eigenvalue weighted by atomic mass is 10.1. The van der Waals surface area contributed by atoms with E-state index >= 15 is 0 Å². The van der Waals surface area contributed by atoms with Gasteiger partial charge in [-0.3, -0.25) is 4.79 Å². The predicted molar refractivity (Wildman–Crippen MR) is 70.2 cm³/mol. The standard InChI is InChI=1S/C13H20N2O3/c1-9(7-16)10(2)15-13(17)8-18-12-5-3-4-11(14)6-12/h3-6,9-10,16H,7-8,14H2,1-2H3,(H,15,17). The Balaban J connectivity index is 2.37. The molecule has 0 fully saturated rings. The summed E-state index contributed by atoms with van der Waals surface area (Å²) in [6.45, 7) is 3.69. The highest BCUT2D eigenvalue weighted by Crippen LogP contribution is 2.14. The molecule has 0 aromatic heterocycles. The highest BCUT2D eigenvalue weighted by atomic mass is 16.5. The van der Waals surface area contributed by atoms with E-state index in [1.165, 1.54) is 0 Å². The third kappa shape index (κ3) is 4.63. The average Bonchev–Trinajstić information content (AvgIpc) is 2.35. The normalized spacial score (nSPS) is 13.7. The molecule has 5 heteroatoms. The predicted octanol–water partition coefficient (Wildman–Crippen LogP) is 0.781. The number of carbonyl (C=O) groups is 1. The van der Waals surface area contributed by atoms with Crippen molar-refractivity contribution >= 4 is 11.6 Å². The van der Waals surface area contributed by atoms with Crippen LogP contribution in [0.4, 0.5) is 5.69 Å². The number of nitrogens with one attached hydrogen (secondary N) is 1. The van der Waals surface area contributed by atoms with Crippen molar-refractivity contribution < 1.29 is 14.6 Å². The third-order valence-corrected chi connectivity index (χ3v) is 2.76. The molecule has 0 radical (unpaired) electrons. The second-order valence-corrected chi connectivity index (χ2v) is 4.38. The zero-order chi connectivity index (χ0) is 13.5. The average molecular weight is 252 g/mol. The van der Waals surface area contributed by atoms with Gasteiger partial charge in [0.15, 0.2) is 6.61 Å². The Morgan fingerprint density at radius 3 is 2.83 bits per heavy atom. The number of nitrogen functional groups attached to an aromatic ring is 1. The minimum atomic E-state index is -0.217. The lowest BCUT2D eigenvalue weighted by Gasteiger charge is -2.19. The van der Waals surface area contributed by atoms with Crippen LogP contribution in [0.3, 0.4) is 0 Å². The Morgan fingerprint density at radius 2 is 2.22 bits per heavy atom. The quantitative estimate of drug-likeness (QED) is 0.653. The summed E-state index contributed by atoms with van der Waals surface area (Å²) in [4.78, 5) is 11.6. The van der Waals surface area contributed by atoms with E-state index in [4.69, 9.17) is 15.6 Å². The van der Waals surface area contributed by atoms with Gasteiger partial charge in [0, 0.05) is 24.4 Å². The maximum atomic E-state index is 11.6. The summed E-state index contributed by atoms with van der Waals surface area (Å²) < 4.78 is 5.31. The number of hydrogen-bond donors (Lipinski definition) is 3. The largest absolute Gasteiger partial charge is 0.484 e. The van der Waals surface area contributed by atoms with E-state index < -0.39 is 0 Å². The van der Waals surface area contributed by atoms with E-state index in [-0.39, 0.29) is 31.1 Å². The molecule has 0 spiro atoms. The monoisotopic (exact) mass is 252 g/mol. The van der Waals surface area contributed by atoms with Gasteiger partial charge in [0.05, 0.1) is 0 Å². The van der Waals surface area contributed by atoms with E-state index in [1.54, 1.807) is 24.3 Å². The first kappa shape index (κ1) is 14.3. The molecule has 0 aliphatic carbocycles. The first-order chi connectivity index (χ1) is 8.52. The minimum Gasteiger partial charge on any atom is -0.484 e. The molecule has 1 amide bonds. The number of amides is 1. The zero-order valence-corrected chi connectivity index (χ0v) is 10.7. The molecule has 2 atom stereocenters. The molecule has 0 aliphatic heterocycles. The van der Waals surface area contributed by atoms with E-state index in [9.17, 15) is 4.79 Å². The summed E-state index contributed by atoms with van der Waals surface area (Å²) in [6, 6.07) is 6.82. The number of ether oxygens (including phenoxy) is 1. The minimum absolute atomic E-state index is 0.0151. The van der Waals surface area contributed by atoms with Gasteiger partial charge in [0.25, 0.3) is 5.91 Å². The van der Waals surface area contributed by atoms with Crippen LogP contribution < -0.4 is 15.8 Å². The van der Waals surface area contributed by atoms with Gasteiger partial charge in [-0.2, -0.15) is 0 Å². The van der Waals surface area contributed by atoms with Crippen LogP contribution in [-0.2, 0) is 4.79 Å². The van der Waals surface area contributed by atoms with Gasteiger partial charge < -0.3 is 20.9 Å². The van der Waals surface area contributed by atoms with Crippen molar-refractivity contribution in [1.82, 2.24) is 5.32 Å². The molecule has 5 nitrogen and oxygen atoms in total. The number of aliphatic hydroxyl groups excluding tert-OH is 1. The van der Waals surface area contributed by atoms with Crippen LogP contribution in [-0.4, -0.2) is 30.3 Å². The maximum absolute atomic E-state index is 11.6. The number of aliphatic hydroxyl groups is 1. The molecule has 0 heterocycles. The number of anilines is 1. The van der Waals surface area contributed by atoms with Crippen LogP contribution in [0.1, 0.15) is 13.8 Å². The van der Waals surface area contributed by atoms with Gasteiger partial charge in [0.1, 0.15) is 5.75 Å². The summed E-state index contributed by atoms with van der Waals surface area (Å²) in [6.07, 6.45) is 0. The van der Waals surface area contributed by atoms with Gasteiger partial charge in [-0.1, -0.05) is 13.0 Å². The molecule has 100 valence electrons. The molecule has 0 saturated carbocycles. The van der Waals surface area contributed by atoms with Crippen molar-refractivity contribution in [3.63, 3.8) is 0 Å². The highest BCUT2D eigenvalue weighted by molar-refractivity contribution is 5.77. The molecule has 4 N–H and O–H groups in total. The summed E-state index contributed by atoms with van der Waals surface area (Å²) >= 11 is 0. The first-order valence-electron chi connectivity index (χ1n) is 5.91. The van der Waals surface area contributed by atoms with Crippen LogP contribution in [0, 0.1) is 5.92 Å². The lowest BCUT2D eigenvalue weighted by molar-refractivity contribution is -0.124. The summed E-state index contributed by atoms with van der Waals surface area (Å²) in [5, 5.41) is 11.7. The lowest BCUT2D eigenvalue weighted by Crippen LogP contribution is -2.40. The van der Waals surface area contributed by atoms with E-state index in [0.717, 1.165) is 0 Å². The fourth-order valence-corrected chi connectivity index (χ4v) is 1.35. The van der Waals surface area contributed by atoms with Crippen LogP contribution >= 0.6 is 0 Å². The van der Waals surface area contributed by atoms with E-state index in [2.05, 4.69) is 5.32 Å². The van der Waals surface area contributed by atoms with Crippen LogP contribution in [0.2, 0.25) is 0 Å². The Kier molecular flexibility index (Phi) is 5.45. The van der Waals surface area contributed by atoms with Crippen molar-refractivity contribution in [1.29, 1.82) is 0 Å². The summed E-state index contributed by atoms with van der Waals surface area (Å²) in [7, 11) is 0. The Morgan fingerprint density at radius 1 is 1.50 bits per heavy atom. The fourth-order valence-electron chi connectivity index (χ4n) is 1.35. The maximum Gasteiger partial charge on any atom is 0.258 e. The molecule has 2 unspecified atom stereocenters. The molecule has 1 rings (SSSR count). The second-order valence-electron chi connectivity index (χ2n) is 4.38. The summed E-state index contributed by atoms with van der Waals surface area (Å²) in [5.74, 6) is 0.361. The second kappa shape index (κ2) is 6.86. The van der Waals surface area contributed by atoms with E-state index in [0.29, 0.717) is 11.4 Å². The molecular formula is C13H20N2O3. The molecular weight excluding hydrogens is 232 g/mol. The smallest absolute Gasteiger partial charge is 0.258 e. The van der Waals surface area contributed by atoms with Crippen LogP contribution in [0.25, 0.3) is 0 Å². The van der Waals surface area contributed by atoms with Crippen LogP contribution in [0.15, 0.2) is 24.3 Å². The van der Waals surface area contributed by atoms with Gasteiger partial charge in [-0.05, 0) is 25.0 Å².